The van der Waals surface area contributed by atoms with Gasteiger partial charge in [-0.15, -0.1) is 0 Å². The molecule has 0 bridgehead atoms. The molecule has 1 fully saturated rings. The average molecular weight is 647 g/mol. The van der Waals surface area contributed by atoms with E-state index in [4.69, 9.17) is 11.6 Å². The van der Waals surface area contributed by atoms with Crippen LogP contribution in [-0.2, 0) is 26.2 Å². The normalized spacial score (nSPS) is 14.5. The van der Waals surface area contributed by atoms with Gasteiger partial charge in [0.25, 0.3) is 10.0 Å². The Morgan fingerprint density at radius 3 is 2.35 bits per heavy atom. The summed E-state index contributed by atoms with van der Waals surface area (Å²) in [5, 5.41) is 3.48. The molecule has 0 spiro atoms. The first-order chi connectivity index (χ1) is 19.1. The minimum atomic E-state index is -4.15. The SMILES string of the molecule is Cc1ccccc1N(CC(=O)N(Cc1cccc(Br)c1)[C@H](C)C(=O)NC1CCCC1)S(=O)(=O)c1ccc(Cl)cc1. The molecular formula is C30H33BrClN3O4S. The Bertz CT molecular complexity index is 1460. The molecule has 40 heavy (non-hydrogen) atoms. The summed E-state index contributed by atoms with van der Waals surface area (Å²) in [6, 6.07) is 19.6. The number of anilines is 1. The number of aryl methyl sites for hydroxylation is 1. The molecule has 7 nitrogen and oxygen atoms in total. The zero-order chi connectivity index (χ0) is 28.9. The molecule has 0 radical (unpaired) electrons. The van der Waals surface area contributed by atoms with Gasteiger partial charge >= 0.3 is 0 Å². The van der Waals surface area contributed by atoms with Crippen LogP contribution in [-0.4, -0.2) is 43.8 Å². The van der Waals surface area contributed by atoms with Crippen molar-refractivity contribution < 1.29 is 18.0 Å². The molecule has 0 aromatic heterocycles. The van der Waals surface area contributed by atoms with Gasteiger partial charge in [-0.2, -0.15) is 0 Å². The summed E-state index contributed by atoms with van der Waals surface area (Å²) in [5.74, 6) is -0.743. The fraction of sp³-hybridized carbons (Fsp3) is 0.333. The first-order valence-electron chi connectivity index (χ1n) is 13.2. The smallest absolute Gasteiger partial charge is 0.264 e. The molecule has 212 valence electrons. The Labute approximate surface area is 249 Å². The summed E-state index contributed by atoms with van der Waals surface area (Å²) in [6.45, 7) is 3.14. The van der Waals surface area contributed by atoms with E-state index in [2.05, 4.69) is 21.2 Å². The van der Waals surface area contributed by atoms with Gasteiger partial charge in [-0.1, -0.05) is 70.7 Å². The second-order valence-electron chi connectivity index (χ2n) is 10.1. The van der Waals surface area contributed by atoms with Crippen LogP contribution in [0.15, 0.2) is 82.2 Å². The minimum Gasteiger partial charge on any atom is -0.352 e. The van der Waals surface area contributed by atoms with Gasteiger partial charge < -0.3 is 10.2 Å². The van der Waals surface area contributed by atoms with Crippen LogP contribution in [0.1, 0.15) is 43.7 Å². The molecule has 1 aliphatic rings. The van der Waals surface area contributed by atoms with Crippen LogP contribution >= 0.6 is 27.5 Å². The second-order valence-corrected chi connectivity index (χ2v) is 13.3. The van der Waals surface area contributed by atoms with Crippen molar-refractivity contribution in [2.45, 2.75) is 63.1 Å². The molecule has 0 heterocycles. The van der Waals surface area contributed by atoms with Gasteiger partial charge in [-0.05, 0) is 80.3 Å². The number of para-hydroxylation sites is 1. The van der Waals surface area contributed by atoms with E-state index < -0.39 is 28.5 Å². The number of carbonyl (C=O) groups is 2. The van der Waals surface area contributed by atoms with E-state index in [-0.39, 0.29) is 23.4 Å². The summed E-state index contributed by atoms with van der Waals surface area (Å²) in [7, 11) is -4.15. The maximum Gasteiger partial charge on any atom is 0.264 e. The van der Waals surface area contributed by atoms with Crippen molar-refractivity contribution in [2.24, 2.45) is 0 Å². The molecule has 4 rings (SSSR count). The van der Waals surface area contributed by atoms with E-state index in [0.29, 0.717) is 16.3 Å². The van der Waals surface area contributed by atoms with Crippen molar-refractivity contribution >= 4 is 55.1 Å². The quantitative estimate of drug-likeness (QED) is 0.289. The number of carbonyl (C=O) groups excluding carboxylic acids is 2. The molecule has 0 saturated heterocycles. The van der Waals surface area contributed by atoms with Gasteiger partial charge in [0.1, 0.15) is 12.6 Å². The fourth-order valence-electron chi connectivity index (χ4n) is 4.90. The largest absolute Gasteiger partial charge is 0.352 e. The molecule has 1 aliphatic carbocycles. The molecule has 3 aromatic rings. The Balaban J connectivity index is 1.69. The standard InChI is InChI=1S/C30H33BrClN3O4S/c1-21-8-3-6-13-28(21)35(40(38,39)27-16-14-25(32)15-17-27)20-29(36)34(19-23-9-7-10-24(31)18-23)22(2)30(37)33-26-11-4-5-12-26/h3,6-10,13-18,22,26H,4-5,11-12,19-20H2,1-2H3,(H,33,37)/t22-/m1/s1. The number of hydrogen-bond donors (Lipinski definition) is 1. The summed E-state index contributed by atoms with van der Waals surface area (Å²) in [5.41, 5.74) is 1.89. The van der Waals surface area contributed by atoms with Gasteiger partial charge in [0.2, 0.25) is 11.8 Å². The number of halogens is 2. The van der Waals surface area contributed by atoms with Crippen molar-refractivity contribution in [3.63, 3.8) is 0 Å². The fourth-order valence-corrected chi connectivity index (χ4v) is 6.95. The molecule has 2 amide bonds. The van der Waals surface area contributed by atoms with Crippen molar-refractivity contribution in [3.05, 3.63) is 93.4 Å². The maximum absolute atomic E-state index is 14.0. The highest BCUT2D eigenvalue weighted by molar-refractivity contribution is 9.10. The number of rotatable bonds is 10. The molecule has 0 unspecified atom stereocenters. The minimum absolute atomic E-state index is 0.0125. The zero-order valence-corrected chi connectivity index (χ0v) is 25.7. The van der Waals surface area contributed by atoms with Crippen LogP contribution < -0.4 is 9.62 Å². The van der Waals surface area contributed by atoms with E-state index >= 15 is 0 Å². The average Bonchev–Trinajstić information content (AvgIpc) is 3.43. The second kappa shape index (κ2) is 13.2. The third-order valence-electron chi connectivity index (χ3n) is 7.18. The number of nitrogens with zero attached hydrogens (tertiary/aromatic N) is 2. The summed E-state index contributed by atoms with van der Waals surface area (Å²) < 4.78 is 29.8. The Kier molecular flexibility index (Phi) is 9.92. The monoisotopic (exact) mass is 645 g/mol. The van der Waals surface area contributed by atoms with Crippen LogP contribution in [0.5, 0.6) is 0 Å². The first kappa shape index (κ1) is 30.1. The first-order valence-corrected chi connectivity index (χ1v) is 15.9. The number of hydrogen-bond acceptors (Lipinski definition) is 4. The number of benzene rings is 3. The highest BCUT2D eigenvalue weighted by atomic mass is 79.9. The van der Waals surface area contributed by atoms with Crippen molar-refractivity contribution in [2.75, 3.05) is 10.8 Å². The lowest BCUT2D eigenvalue weighted by atomic mass is 10.1. The Morgan fingerprint density at radius 1 is 1.02 bits per heavy atom. The van der Waals surface area contributed by atoms with Crippen LogP contribution in [0.3, 0.4) is 0 Å². The molecule has 3 aromatic carbocycles. The molecular weight excluding hydrogens is 614 g/mol. The van der Waals surface area contributed by atoms with Gasteiger partial charge in [0, 0.05) is 22.1 Å². The van der Waals surface area contributed by atoms with E-state index in [1.165, 1.54) is 29.2 Å². The summed E-state index contributed by atoms with van der Waals surface area (Å²) in [6.07, 6.45) is 3.96. The maximum atomic E-state index is 14.0. The van der Waals surface area contributed by atoms with Crippen molar-refractivity contribution in [3.8, 4) is 0 Å². The third kappa shape index (κ3) is 7.25. The van der Waals surface area contributed by atoms with Gasteiger partial charge in [-0.25, -0.2) is 8.42 Å². The molecule has 1 atom stereocenters. The van der Waals surface area contributed by atoms with Crippen LogP contribution in [0.25, 0.3) is 0 Å². The lowest BCUT2D eigenvalue weighted by Crippen LogP contribution is -2.52. The predicted octanol–water partition coefficient (Wildman–Crippen LogP) is 6.08. The number of sulfonamides is 1. The third-order valence-corrected chi connectivity index (χ3v) is 9.69. The van der Waals surface area contributed by atoms with Crippen molar-refractivity contribution in [1.82, 2.24) is 10.2 Å². The molecule has 10 heteroatoms. The van der Waals surface area contributed by atoms with Gasteiger partial charge in [0.05, 0.1) is 10.6 Å². The topological polar surface area (TPSA) is 86.8 Å². The van der Waals surface area contributed by atoms with E-state index in [9.17, 15) is 18.0 Å². The van der Waals surface area contributed by atoms with E-state index in [1.54, 1.807) is 32.0 Å². The summed E-state index contributed by atoms with van der Waals surface area (Å²) >= 11 is 9.48. The highest BCUT2D eigenvalue weighted by Crippen LogP contribution is 2.28. The lowest BCUT2D eigenvalue weighted by Gasteiger charge is -2.33. The van der Waals surface area contributed by atoms with E-state index in [0.717, 1.165) is 40.0 Å². The van der Waals surface area contributed by atoms with Crippen LogP contribution in [0.2, 0.25) is 5.02 Å². The van der Waals surface area contributed by atoms with Gasteiger partial charge in [-0.3, -0.25) is 13.9 Å². The number of nitrogens with one attached hydrogen (secondary N) is 1. The van der Waals surface area contributed by atoms with Crippen molar-refractivity contribution in [1.29, 1.82) is 0 Å². The molecule has 0 aliphatic heterocycles. The number of amides is 2. The molecule has 1 N–H and O–H groups in total. The van der Waals surface area contributed by atoms with E-state index in [1.807, 2.05) is 30.3 Å². The zero-order valence-electron chi connectivity index (χ0n) is 22.5. The highest BCUT2D eigenvalue weighted by Gasteiger charge is 2.33. The Hall–Kier alpha value is -2.88. The molecule has 1 saturated carbocycles. The van der Waals surface area contributed by atoms with Gasteiger partial charge in [0.15, 0.2) is 0 Å². The summed E-state index contributed by atoms with van der Waals surface area (Å²) in [4.78, 5) is 28.8. The Morgan fingerprint density at radius 2 is 1.70 bits per heavy atom. The lowest BCUT2D eigenvalue weighted by molar-refractivity contribution is -0.139. The van der Waals surface area contributed by atoms with Crippen LogP contribution in [0.4, 0.5) is 5.69 Å². The predicted molar refractivity (Wildman–Crippen MR) is 162 cm³/mol. The van der Waals surface area contributed by atoms with Crippen LogP contribution in [0, 0.1) is 6.92 Å².